The average molecular weight is 246 g/mol. The van der Waals surface area contributed by atoms with Crippen molar-refractivity contribution in [1.82, 2.24) is 9.97 Å². The van der Waals surface area contributed by atoms with Crippen LogP contribution in [0.3, 0.4) is 0 Å². The van der Waals surface area contributed by atoms with Gasteiger partial charge in [-0.2, -0.15) is 0 Å². The molecule has 1 saturated heterocycles. The highest BCUT2D eigenvalue weighted by Crippen LogP contribution is 2.26. The number of ketones is 1. The molecule has 2 fully saturated rings. The van der Waals surface area contributed by atoms with Crippen LogP contribution < -0.4 is 10.2 Å². The number of aromatic nitrogens is 2. The maximum Gasteiger partial charge on any atom is 0.153 e. The van der Waals surface area contributed by atoms with Gasteiger partial charge in [0.1, 0.15) is 18.0 Å². The average Bonchev–Trinajstić information content (AvgIpc) is 2.74. The standard InChI is InChI=1S/C13H18N4O/c18-11-4-5-17(8-11)13-6-12(15-9-16-13)14-7-10-2-1-3-10/h6,9-10H,1-5,7-8H2,(H,14,15,16). The van der Waals surface area contributed by atoms with Crippen LogP contribution in [0.2, 0.25) is 0 Å². The van der Waals surface area contributed by atoms with Gasteiger partial charge in [0.05, 0.1) is 6.54 Å². The van der Waals surface area contributed by atoms with Gasteiger partial charge >= 0.3 is 0 Å². The lowest BCUT2D eigenvalue weighted by Gasteiger charge is -2.25. The third-order valence-electron chi connectivity index (χ3n) is 3.80. The van der Waals surface area contributed by atoms with E-state index < -0.39 is 0 Å². The molecule has 1 aromatic rings. The number of hydrogen-bond acceptors (Lipinski definition) is 5. The minimum atomic E-state index is 0.289. The number of hydrogen-bond donors (Lipinski definition) is 1. The number of nitrogens with one attached hydrogen (secondary N) is 1. The summed E-state index contributed by atoms with van der Waals surface area (Å²) in [6.07, 6.45) is 6.21. The highest BCUT2D eigenvalue weighted by atomic mass is 16.1. The van der Waals surface area contributed by atoms with Crippen LogP contribution in [0.15, 0.2) is 12.4 Å². The molecule has 96 valence electrons. The minimum absolute atomic E-state index is 0.289. The molecule has 5 heteroatoms. The third kappa shape index (κ3) is 2.44. The summed E-state index contributed by atoms with van der Waals surface area (Å²) < 4.78 is 0. The zero-order valence-corrected chi connectivity index (χ0v) is 10.4. The van der Waals surface area contributed by atoms with Crippen molar-refractivity contribution in [1.29, 1.82) is 0 Å². The monoisotopic (exact) mass is 246 g/mol. The van der Waals surface area contributed by atoms with E-state index in [0.717, 1.165) is 30.6 Å². The summed E-state index contributed by atoms with van der Waals surface area (Å²) in [5.41, 5.74) is 0. The Balaban J connectivity index is 1.62. The molecular weight excluding hydrogens is 228 g/mol. The van der Waals surface area contributed by atoms with Gasteiger partial charge in [-0.25, -0.2) is 9.97 Å². The van der Waals surface area contributed by atoms with E-state index in [4.69, 9.17) is 0 Å². The number of Topliss-reactive ketones (excluding diaryl/α,β-unsaturated/α-hetero) is 1. The van der Waals surface area contributed by atoms with Crippen LogP contribution >= 0.6 is 0 Å². The van der Waals surface area contributed by atoms with Crippen LogP contribution in [0.4, 0.5) is 11.6 Å². The van der Waals surface area contributed by atoms with Gasteiger partial charge in [0, 0.05) is 25.6 Å². The Bertz CT molecular complexity index is 444. The van der Waals surface area contributed by atoms with E-state index in [9.17, 15) is 4.79 Å². The van der Waals surface area contributed by atoms with Crippen LogP contribution in [0, 0.1) is 5.92 Å². The Morgan fingerprint density at radius 1 is 1.39 bits per heavy atom. The first-order valence-corrected chi connectivity index (χ1v) is 6.64. The lowest BCUT2D eigenvalue weighted by Crippen LogP contribution is -2.23. The van der Waals surface area contributed by atoms with Crippen molar-refractivity contribution < 1.29 is 4.79 Å². The molecule has 1 aliphatic carbocycles. The molecule has 2 heterocycles. The normalized spacial score (nSPS) is 20.0. The zero-order valence-electron chi connectivity index (χ0n) is 10.4. The first kappa shape index (κ1) is 11.4. The van der Waals surface area contributed by atoms with Gasteiger partial charge in [0.25, 0.3) is 0 Å². The molecule has 1 aromatic heterocycles. The number of rotatable bonds is 4. The third-order valence-corrected chi connectivity index (χ3v) is 3.80. The Hall–Kier alpha value is -1.65. The van der Waals surface area contributed by atoms with Crippen LogP contribution in [0.1, 0.15) is 25.7 Å². The minimum Gasteiger partial charge on any atom is -0.370 e. The number of anilines is 2. The van der Waals surface area contributed by atoms with Crippen molar-refractivity contribution in [2.45, 2.75) is 25.7 Å². The summed E-state index contributed by atoms with van der Waals surface area (Å²) in [4.78, 5) is 21.8. The van der Waals surface area contributed by atoms with E-state index in [1.807, 2.05) is 11.0 Å². The first-order chi connectivity index (χ1) is 8.81. The quantitative estimate of drug-likeness (QED) is 0.871. The van der Waals surface area contributed by atoms with Crippen molar-refractivity contribution in [2.75, 3.05) is 29.9 Å². The topological polar surface area (TPSA) is 58.1 Å². The Kier molecular flexibility index (Phi) is 3.13. The second kappa shape index (κ2) is 4.92. The predicted octanol–water partition coefficient (Wildman–Crippen LogP) is 1.47. The molecule has 2 aliphatic rings. The van der Waals surface area contributed by atoms with Crippen LogP contribution in [-0.2, 0) is 4.79 Å². The van der Waals surface area contributed by atoms with Crippen LogP contribution in [-0.4, -0.2) is 35.4 Å². The molecule has 0 atom stereocenters. The van der Waals surface area contributed by atoms with Gasteiger partial charge in [0.2, 0.25) is 0 Å². The highest BCUT2D eigenvalue weighted by Gasteiger charge is 2.21. The molecule has 0 aromatic carbocycles. The summed E-state index contributed by atoms with van der Waals surface area (Å²) in [6, 6.07) is 1.94. The molecule has 1 aliphatic heterocycles. The molecule has 0 unspecified atom stereocenters. The predicted molar refractivity (Wildman–Crippen MR) is 69.7 cm³/mol. The van der Waals surface area contributed by atoms with Gasteiger partial charge in [-0.1, -0.05) is 6.42 Å². The lowest BCUT2D eigenvalue weighted by atomic mass is 9.85. The maximum absolute atomic E-state index is 11.3. The summed E-state index contributed by atoms with van der Waals surface area (Å²) in [5, 5.41) is 3.36. The fraction of sp³-hybridized carbons (Fsp3) is 0.615. The molecule has 18 heavy (non-hydrogen) atoms. The van der Waals surface area contributed by atoms with Crippen molar-refractivity contribution in [3.63, 3.8) is 0 Å². The van der Waals surface area contributed by atoms with Crippen molar-refractivity contribution >= 4 is 17.4 Å². The zero-order chi connectivity index (χ0) is 12.4. The molecule has 1 saturated carbocycles. The van der Waals surface area contributed by atoms with Crippen molar-refractivity contribution in [3.8, 4) is 0 Å². The summed E-state index contributed by atoms with van der Waals surface area (Å²) in [6.45, 7) is 2.26. The number of carbonyl (C=O) groups excluding carboxylic acids is 1. The Morgan fingerprint density at radius 3 is 2.94 bits per heavy atom. The van der Waals surface area contributed by atoms with Gasteiger partial charge in [-0.15, -0.1) is 0 Å². The Morgan fingerprint density at radius 2 is 2.28 bits per heavy atom. The maximum atomic E-state index is 11.3. The molecule has 0 radical (unpaired) electrons. The van der Waals surface area contributed by atoms with Crippen molar-refractivity contribution in [2.24, 2.45) is 5.92 Å². The van der Waals surface area contributed by atoms with E-state index >= 15 is 0 Å². The van der Waals surface area contributed by atoms with Crippen molar-refractivity contribution in [3.05, 3.63) is 12.4 Å². The van der Waals surface area contributed by atoms with Gasteiger partial charge < -0.3 is 10.2 Å². The van der Waals surface area contributed by atoms with E-state index in [2.05, 4.69) is 15.3 Å². The molecular formula is C13H18N4O. The molecule has 0 bridgehead atoms. The van der Waals surface area contributed by atoms with Crippen LogP contribution in [0.5, 0.6) is 0 Å². The second-order valence-electron chi connectivity index (χ2n) is 5.15. The highest BCUT2D eigenvalue weighted by molar-refractivity contribution is 5.86. The summed E-state index contributed by atoms with van der Waals surface area (Å²) >= 11 is 0. The summed E-state index contributed by atoms with van der Waals surface area (Å²) in [5.74, 6) is 2.81. The van der Waals surface area contributed by atoms with Gasteiger partial charge in [-0.3, -0.25) is 4.79 Å². The largest absolute Gasteiger partial charge is 0.370 e. The molecule has 0 spiro atoms. The van der Waals surface area contributed by atoms with Gasteiger partial charge in [0.15, 0.2) is 5.78 Å². The van der Waals surface area contributed by atoms with E-state index in [1.165, 1.54) is 19.3 Å². The van der Waals surface area contributed by atoms with Crippen LogP contribution in [0.25, 0.3) is 0 Å². The smallest absolute Gasteiger partial charge is 0.153 e. The van der Waals surface area contributed by atoms with E-state index in [0.29, 0.717) is 13.0 Å². The van der Waals surface area contributed by atoms with E-state index in [-0.39, 0.29) is 5.78 Å². The number of nitrogens with zero attached hydrogens (tertiary/aromatic N) is 3. The first-order valence-electron chi connectivity index (χ1n) is 6.64. The SMILES string of the molecule is O=C1CCN(c2cc(NCC3CCC3)ncn2)C1. The Labute approximate surface area is 107 Å². The fourth-order valence-electron chi connectivity index (χ4n) is 2.39. The number of carbonyl (C=O) groups is 1. The van der Waals surface area contributed by atoms with Gasteiger partial charge in [-0.05, 0) is 18.8 Å². The molecule has 5 nitrogen and oxygen atoms in total. The molecule has 1 N–H and O–H groups in total. The lowest BCUT2D eigenvalue weighted by molar-refractivity contribution is -0.116. The second-order valence-corrected chi connectivity index (χ2v) is 5.15. The fourth-order valence-corrected chi connectivity index (χ4v) is 2.39. The van der Waals surface area contributed by atoms with E-state index in [1.54, 1.807) is 6.33 Å². The molecule has 3 rings (SSSR count). The summed E-state index contributed by atoms with van der Waals surface area (Å²) in [7, 11) is 0. The molecule has 0 amide bonds.